The highest BCUT2D eigenvalue weighted by molar-refractivity contribution is 5.93. The summed E-state index contributed by atoms with van der Waals surface area (Å²) in [4.78, 5) is 58.7. The average Bonchev–Trinajstić information content (AvgIpc) is 3.71. The Labute approximate surface area is 272 Å². The lowest BCUT2D eigenvalue weighted by Gasteiger charge is -2.46. The molecule has 3 heterocycles. The first-order chi connectivity index (χ1) is 21.9. The Balaban J connectivity index is 1.25. The van der Waals surface area contributed by atoms with E-state index in [-0.39, 0.29) is 35.7 Å². The molecule has 0 spiro atoms. The fraction of sp³-hybridized carbons (Fsp3) is 0.714. The van der Waals surface area contributed by atoms with Crippen molar-refractivity contribution >= 4 is 23.8 Å². The highest BCUT2D eigenvalue weighted by Gasteiger charge is 2.57. The lowest BCUT2D eigenvalue weighted by Crippen LogP contribution is -2.67. The molecule has 252 valence electrons. The number of ether oxygens (including phenoxy) is 1. The summed E-state index contributed by atoms with van der Waals surface area (Å²) in [6.45, 7) is 8.87. The summed E-state index contributed by atoms with van der Waals surface area (Å²) in [7, 11) is 0. The molecule has 0 aromatic heterocycles. The largest absolute Gasteiger partial charge is 0.493 e. The molecule has 2 saturated carbocycles. The second-order valence-corrected chi connectivity index (χ2v) is 15.4. The molecule has 1 aromatic carbocycles. The van der Waals surface area contributed by atoms with Gasteiger partial charge < -0.3 is 30.7 Å². The van der Waals surface area contributed by atoms with Crippen LogP contribution in [0, 0.1) is 23.2 Å². The number of para-hydroxylation sites is 1. The monoisotopic (exact) mass is 637 g/mol. The summed E-state index contributed by atoms with van der Waals surface area (Å²) >= 11 is 0. The summed E-state index contributed by atoms with van der Waals surface area (Å²) < 4.78 is 5.83. The van der Waals surface area contributed by atoms with Crippen molar-refractivity contribution < 1.29 is 29.0 Å². The number of carboxylic acid groups (broad SMARTS) is 1. The molecule has 4 N–H and O–H groups in total. The maximum absolute atomic E-state index is 14.8. The van der Waals surface area contributed by atoms with E-state index in [0.29, 0.717) is 38.1 Å². The van der Waals surface area contributed by atoms with E-state index in [9.17, 15) is 24.3 Å². The molecule has 4 fully saturated rings. The number of fused-ring (bicyclic) bond motifs is 4. The fourth-order valence-electron chi connectivity index (χ4n) is 8.68. The Hall–Kier alpha value is -3.34. The smallest absolute Gasteiger partial charge is 0.404 e. The predicted molar refractivity (Wildman–Crippen MR) is 172 cm³/mol. The van der Waals surface area contributed by atoms with Crippen LogP contribution in [0.2, 0.25) is 0 Å². The molecule has 46 heavy (non-hydrogen) atoms. The number of rotatable bonds is 8. The van der Waals surface area contributed by atoms with Crippen LogP contribution in [0.4, 0.5) is 4.79 Å². The van der Waals surface area contributed by atoms with Crippen LogP contribution in [0.25, 0.3) is 0 Å². The zero-order valence-corrected chi connectivity index (χ0v) is 27.7. The number of nitrogens with one attached hydrogen (secondary N) is 3. The van der Waals surface area contributed by atoms with E-state index in [4.69, 9.17) is 4.74 Å². The normalized spacial score (nSPS) is 29.6. The third-order valence-electron chi connectivity index (χ3n) is 11.2. The van der Waals surface area contributed by atoms with Crippen LogP contribution in [0.1, 0.15) is 90.7 Å². The van der Waals surface area contributed by atoms with E-state index < -0.39 is 35.6 Å². The van der Waals surface area contributed by atoms with E-state index in [1.807, 2.05) is 45.0 Å². The molecule has 2 aliphatic carbocycles. The minimum atomic E-state index is -1.19. The van der Waals surface area contributed by atoms with E-state index in [1.165, 1.54) is 0 Å². The summed E-state index contributed by atoms with van der Waals surface area (Å²) in [6.07, 6.45) is 6.36. The van der Waals surface area contributed by atoms with Gasteiger partial charge in [0.2, 0.25) is 17.7 Å². The molecule has 2 saturated heterocycles. The molecule has 4 amide bonds. The minimum Gasteiger partial charge on any atom is -0.493 e. The quantitative estimate of drug-likeness (QED) is 0.341. The second-order valence-electron chi connectivity index (χ2n) is 15.4. The molecule has 6 rings (SSSR count). The van der Waals surface area contributed by atoms with Gasteiger partial charge in [0.05, 0.1) is 18.6 Å². The highest BCUT2D eigenvalue weighted by atomic mass is 16.5. The van der Waals surface area contributed by atoms with Crippen molar-refractivity contribution in [3.8, 4) is 5.75 Å². The minimum absolute atomic E-state index is 0.0426. The molecular formula is C35H51N5O6. The Morgan fingerprint density at radius 1 is 0.978 bits per heavy atom. The van der Waals surface area contributed by atoms with E-state index in [0.717, 1.165) is 56.3 Å². The van der Waals surface area contributed by atoms with E-state index in [1.54, 1.807) is 11.8 Å². The molecule has 5 aliphatic rings. The molecule has 1 unspecified atom stereocenters. The van der Waals surface area contributed by atoms with Crippen LogP contribution < -0.4 is 20.7 Å². The number of amides is 4. The Bertz CT molecular complexity index is 1320. The molecule has 11 nitrogen and oxygen atoms in total. The van der Waals surface area contributed by atoms with Gasteiger partial charge in [-0.2, -0.15) is 0 Å². The van der Waals surface area contributed by atoms with Gasteiger partial charge in [-0.3, -0.25) is 19.3 Å². The first-order valence-corrected chi connectivity index (χ1v) is 17.3. The first-order valence-electron chi connectivity index (χ1n) is 17.3. The standard InChI is InChI=1S/C35H51N5O6/c1-20(30(35(2,3)4)38-34(44)45)31(41)37-29(21-10-6-5-7-11-21)33(43)40-18-23-16-22-17-26(22)39(23)19-27(40)32(42)36-25-14-15-46-28-13-9-8-12-24(25)28/h8-9,12-13,20-23,25-27,29-30,38H,5-7,10-11,14-19H2,1-4H3,(H,36,42)(H,37,41)(H,44,45)/t20-,22-,23+,25+,26+,27-,29-,30?/m0/s1. The first kappa shape index (κ1) is 32.6. The lowest BCUT2D eigenvalue weighted by atomic mass is 9.78. The van der Waals surface area contributed by atoms with Gasteiger partial charge in [0, 0.05) is 43.2 Å². The van der Waals surface area contributed by atoms with Gasteiger partial charge in [-0.05, 0) is 49.0 Å². The number of carbonyl (C=O) groups is 4. The number of piperazine rings is 1. The van der Waals surface area contributed by atoms with Crippen molar-refractivity contribution in [1.82, 2.24) is 25.8 Å². The molecule has 0 bridgehead atoms. The SMILES string of the molecule is C[C@H](C(=O)N[C@H](C(=O)N1C[C@H]2C[C@H]3C[C@H]3N2C[C@H]1C(=O)N[C@@H]1CCOc2ccccc21)C1CCCCC1)C(NC(=O)O)C(C)(C)C. The van der Waals surface area contributed by atoms with Crippen LogP contribution in [-0.4, -0.2) is 88.6 Å². The van der Waals surface area contributed by atoms with Gasteiger partial charge in [-0.1, -0.05) is 65.2 Å². The summed E-state index contributed by atoms with van der Waals surface area (Å²) in [5.74, 6) is -0.0522. The van der Waals surface area contributed by atoms with Crippen LogP contribution >= 0.6 is 0 Å². The zero-order valence-electron chi connectivity index (χ0n) is 27.7. The van der Waals surface area contributed by atoms with Crippen molar-refractivity contribution in [3.05, 3.63) is 29.8 Å². The molecule has 8 atom stereocenters. The van der Waals surface area contributed by atoms with E-state index >= 15 is 0 Å². The van der Waals surface area contributed by atoms with Crippen LogP contribution in [0.3, 0.4) is 0 Å². The summed E-state index contributed by atoms with van der Waals surface area (Å²) in [6, 6.07) is 6.17. The van der Waals surface area contributed by atoms with Crippen LogP contribution in [0.5, 0.6) is 5.75 Å². The number of carbonyl (C=O) groups excluding carboxylic acids is 3. The Kier molecular flexibility index (Phi) is 9.24. The van der Waals surface area contributed by atoms with Gasteiger partial charge in [0.25, 0.3) is 0 Å². The zero-order chi connectivity index (χ0) is 32.7. The van der Waals surface area contributed by atoms with Crippen molar-refractivity contribution in [2.24, 2.45) is 23.2 Å². The summed E-state index contributed by atoms with van der Waals surface area (Å²) in [5, 5.41) is 18.4. The molecular weight excluding hydrogens is 586 g/mol. The van der Waals surface area contributed by atoms with Crippen LogP contribution in [0.15, 0.2) is 24.3 Å². The van der Waals surface area contributed by atoms with Crippen molar-refractivity contribution in [2.45, 2.75) is 115 Å². The van der Waals surface area contributed by atoms with Crippen LogP contribution in [-0.2, 0) is 14.4 Å². The third kappa shape index (κ3) is 6.71. The molecule has 1 aromatic rings. The Morgan fingerprint density at radius 3 is 2.43 bits per heavy atom. The van der Waals surface area contributed by atoms with Gasteiger partial charge in [-0.25, -0.2) is 4.79 Å². The molecule has 11 heteroatoms. The number of hydrogen-bond acceptors (Lipinski definition) is 6. The van der Waals surface area contributed by atoms with Crippen molar-refractivity contribution in [3.63, 3.8) is 0 Å². The number of hydrogen-bond donors (Lipinski definition) is 4. The van der Waals surface area contributed by atoms with Crippen molar-refractivity contribution in [2.75, 3.05) is 19.7 Å². The number of piperidine rings is 1. The van der Waals surface area contributed by atoms with Gasteiger partial charge in [0.15, 0.2) is 0 Å². The molecule has 3 aliphatic heterocycles. The Morgan fingerprint density at radius 2 is 1.72 bits per heavy atom. The second kappa shape index (κ2) is 13.0. The lowest BCUT2D eigenvalue weighted by molar-refractivity contribution is -0.150. The van der Waals surface area contributed by atoms with Gasteiger partial charge in [-0.15, -0.1) is 0 Å². The predicted octanol–water partition coefficient (Wildman–Crippen LogP) is 3.68. The average molecular weight is 638 g/mol. The third-order valence-corrected chi connectivity index (χ3v) is 11.2. The van der Waals surface area contributed by atoms with Gasteiger partial charge >= 0.3 is 6.09 Å². The maximum Gasteiger partial charge on any atom is 0.404 e. The van der Waals surface area contributed by atoms with Gasteiger partial charge in [0.1, 0.15) is 17.8 Å². The summed E-state index contributed by atoms with van der Waals surface area (Å²) in [5.41, 5.74) is 0.423. The van der Waals surface area contributed by atoms with Crippen molar-refractivity contribution in [1.29, 1.82) is 0 Å². The van der Waals surface area contributed by atoms with E-state index in [2.05, 4.69) is 20.9 Å². The highest BCUT2D eigenvalue weighted by Crippen LogP contribution is 2.49. The number of benzene rings is 1. The number of nitrogens with zero attached hydrogens (tertiary/aromatic N) is 2. The fourth-order valence-corrected chi connectivity index (χ4v) is 8.68. The molecule has 0 radical (unpaired) electrons. The topological polar surface area (TPSA) is 140 Å². The maximum atomic E-state index is 14.8.